The Hall–Kier alpha value is -2.02. The smallest absolute Gasteiger partial charge is 0.393 e. The number of nitrogens with one attached hydrogen (secondary N) is 1. The van der Waals surface area contributed by atoms with Gasteiger partial charge < -0.3 is 15.0 Å². The summed E-state index contributed by atoms with van der Waals surface area (Å²) in [7, 11) is 1.64. The summed E-state index contributed by atoms with van der Waals surface area (Å²) < 4.78 is 39.8. The van der Waals surface area contributed by atoms with Crippen LogP contribution in [0.4, 0.5) is 13.2 Å². The second-order valence-electron chi connectivity index (χ2n) is 5.66. The molecule has 22 heavy (non-hydrogen) atoms. The fraction of sp³-hybridized carbons (Fsp3) is 0.400. The maximum absolute atomic E-state index is 12.7. The van der Waals surface area contributed by atoms with Crippen LogP contribution >= 0.6 is 0 Å². The Morgan fingerprint density at radius 3 is 2.59 bits per heavy atom. The SMILES string of the molecule is Cn1c(C(=O)NC2CC(O)C2)cc2cc(C(F)(F)F)ccc21. The molecule has 3 rings (SSSR count). The third-order valence-corrected chi connectivity index (χ3v) is 4.05. The van der Waals surface area contributed by atoms with Gasteiger partial charge in [-0.05, 0) is 37.1 Å². The third-order valence-electron chi connectivity index (χ3n) is 4.05. The van der Waals surface area contributed by atoms with Gasteiger partial charge in [0, 0.05) is 24.0 Å². The topological polar surface area (TPSA) is 54.3 Å². The Labute approximate surface area is 124 Å². The predicted molar refractivity (Wildman–Crippen MR) is 74.4 cm³/mol. The summed E-state index contributed by atoms with van der Waals surface area (Å²) in [6, 6.07) is 4.79. The molecule has 7 heteroatoms. The molecule has 118 valence electrons. The number of hydrogen-bond donors (Lipinski definition) is 2. The number of aryl methyl sites for hydroxylation is 1. The first-order valence-corrected chi connectivity index (χ1v) is 6.91. The number of aliphatic hydroxyl groups is 1. The average molecular weight is 312 g/mol. The van der Waals surface area contributed by atoms with Crippen molar-refractivity contribution < 1.29 is 23.1 Å². The van der Waals surface area contributed by atoms with Crippen molar-refractivity contribution in [2.24, 2.45) is 7.05 Å². The molecule has 0 unspecified atom stereocenters. The molecule has 1 saturated carbocycles. The van der Waals surface area contributed by atoms with Gasteiger partial charge in [-0.1, -0.05) is 0 Å². The van der Waals surface area contributed by atoms with E-state index in [1.54, 1.807) is 11.6 Å². The molecule has 0 bridgehead atoms. The van der Waals surface area contributed by atoms with Crippen molar-refractivity contribution in [3.8, 4) is 0 Å². The van der Waals surface area contributed by atoms with Crippen LogP contribution < -0.4 is 5.32 Å². The molecule has 1 aromatic carbocycles. The Morgan fingerprint density at radius 2 is 2.00 bits per heavy atom. The monoisotopic (exact) mass is 312 g/mol. The number of alkyl halides is 3. The standard InChI is InChI=1S/C15H15F3N2O2/c1-20-12-3-2-9(15(16,17)18)4-8(12)5-13(20)14(22)19-10-6-11(21)7-10/h2-5,10-11,21H,6-7H2,1H3,(H,19,22). The average Bonchev–Trinajstić information content (AvgIpc) is 2.73. The lowest BCUT2D eigenvalue weighted by molar-refractivity contribution is -0.137. The van der Waals surface area contributed by atoms with Gasteiger partial charge in [-0.25, -0.2) is 0 Å². The van der Waals surface area contributed by atoms with E-state index >= 15 is 0 Å². The van der Waals surface area contributed by atoms with Crippen molar-refractivity contribution >= 4 is 16.8 Å². The highest BCUT2D eigenvalue weighted by atomic mass is 19.4. The van der Waals surface area contributed by atoms with Crippen molar-refractivity contribution in [1.29, 1.82) is 0 Å². The number of aliphatic hydroxyl groups excluding tert-OH is 1. The fourth-order valence-electron chi connectivity index (χ4n) is 2.71. The number of amides is 1. The van der Waals surface area contributed by atoms with Crippen LogP contribution in [-0.4, -0.2) is 27.7 Å². The van der Waals surface area contributed by atoms with Gasteiger partial charge in [-0.3, -0.25) is 4.79 Å². The maximum Gasteiger partial charge on any atom is 0.416 e. The van der Waals surface area contributed by atoms with Crippen molar-refractivity contribution in [2.75, 3.05) is 0 Å². The molecule has 1 aliphatic carbocycles. The molecule has 2 N–H and O–H groups in total. The number of aromatic nitrogens is 1. The van der Waals surface area contributed by atoms with E-state index in [2.05, 4.69) is 5.32 Å². The van der Waals surface area contributed by atoms with Gasteiger partial charge in [0.2, 0.25) is 0 Å². The van der Waals surface area contributed by atoms with E-state index in [4.69, 9.17) is 0 Å². The van der Waals surface area contributed by atoms with E-state index in [1.807, 2.05) is 0 Å². The van der Waals surface area contributed by atoms with Crippen LogP contribution in [0.5, 0.6) is 0 Å². The number of halogens is 3. The molecule has 0 atom stereocenters. The summed E-state index contributed by atoms with van der Waals surface area (Å²) in [5.74, 6) is -0.343. The zero-order valence-electron chi connectivity index (χ0n) is 11.8. The molecular formula is C15H15F3N2O2. The van der Waals surface area contributed by atoms with Gasteiger partial charge in [0.15, 0.2) is 0 Å². The zero-order valence-corrected chi connectivity index (χ0v) is 11.8. The predicted octanol–water partition coefficient (Wildman–Crippen LogP) is 2.45. The van der Waals surface area contributed by atoms with E-state index < -0.39 is 11.7 Å². The van der Waals surface area contributed by atoms with Crippen molar-refractivity contribution in [3.63, 3.8) is 0 Å². The molecule has 0 radical (unpaired) electrons. The van der Waals surface area contributed by atoms with Gasteiger partial charge in [0.05, 0.1) is 11.7 Å². The Balaban J connectivity index is 1.90. The van der Waals surface area contributed by atoms with Crippen LogP contribution in [-0.2, 0) is 13.2 Å². The number of nitrogens with zero attached hydrogens (tertiary/aromatic N) is 1. The molecule has 0 aliphatic heterocycles. The second-order valence-corrected chi connectivity index (χ2v) is 5.66. The van der Waals surface area contributed by atoms with Gasteiger partial charge >= 0.3 is 6.18 Å². The van der Waals surface area contributed by atoms with E-state index in [-0.39, 0.29) is 18.1 Å². The zero-order chi connectivity index (χ0) is 16.1. The highest BCUT2D eigenvalue weighted by Gasteiger charge is 2.32. The first-order valence-electron chi connectivity index (χ1n) is 6.91. The van der Waals surface area contributed by atoms with E-state index in [9.17, 15) is 23.1 Å². The summed E-state index contributed by atoms with van der Waals surface area (Å²) in [4.78, 5) is 12.2. The van der Waals surface area contributed by atoms with Gasteiger partial charge in [0.1, 0.15) is 5.69 Å². The minimum absolute atomic E-state index is 0.0775. The number of hydrogen-bond acceptors (Lipinski definition) is 2. The second kappa shape index (κ2) is 5.01. The Kier molecular flexibility index (Phi) is 3.40. The number of rotatable bonds is 2. The minimum atomic E-state index is -4.41. The normalized spacial score (nSPS) is 21.7. The Morgan fingerprint density at radius 1 is 1.32 bits per heavy atom. The lowest BCUT2D eigenvalue weighted by Crippen LogP contribution is -2.47. The van der Waals surface area contributed by atoms with E-state index in [1.165, 1.54) is 12.1 Å². The van der Waals surface area contributed by atoms with E-state index in [0.29, 0.717) is 29.4 Å². The van der Waals surface area contributed by atoms with Crippen molar-refractivity contribution in [1.82, 2.24) is 9.88 Å². The summed E-state index contributed by atoms with van der Waals surface area (Å²) >= 11 is 0. The van der Waals surface area contributed by atoms with Crippen LogP contribution in [0.25, 0.3) is 10.9 Å². The molecule has 1 aromatic heterocycles. The number of benzene rings is 1. The van der Waals surface area contributed by atoms with Crippen LogP contribution in [0.15, 0.2) is 24.3 Å². The van der Waals surface area contributed by atoms with Gasteiger partial charge in [-0.2, -0.15) is 13.2 Å². The number of carbonyl (C=O) groups is 1. The lowest BCUT2D eigenvalue weighted by Gasteiger charge is -2.31. The first-order chi connectivity index (χ1) is 10.3. The van der Waals surface area contributed by atoms with E-state index in [0.717, 1.165) is 12.1 Å². The summed E-state index contributed by atoms with van der Waals surface area (Å²) in [5, 5.41) is 12.4. The molecule has 1 aliphatic rings. The summed E-state index contributed by atoms with van der Waals surface area (Å²) in [5.41, 5.74) is 0.127. The molecule has 1 heterocycles. The molecule has 2 aromatic rings. The quantitative estimate of drug-likeness (QED) is 0.895. The molecule has 1 amide bonds. The fourth-order valence-corrected chi connectivity index (χ4v) is 2.71. The third kappa shape index (κ3) is 2.56. The molecule has 0 spiro atoms. The first kappa shape index (κ1) is 14.9. The number of carbonyl (C=O) groups excluding carboxylic acids is 1. The minimum Gasteiger partial charge on any atom is -0.393 e. The van der Waals surface area contributed by atoms with Crippen LogP contribution in [0.3, 0.4) is 0 Å². The largest absolute Gasteiger partial charge is 0.416 e. The Bertz CT molecular complexity index is 730. The highest BCUT2D eigenvalue weighted by Crippen LogP contribution is 2.32. The molecule has 4 nitrogen and oxygen atoms in total. The molecule has 1 fully saturated rings. The van der Waals surface area contributed by atoms with Gasteiger partial charge in [0.25, 0.3) is 5.91 Å². The van der Waals surface area contributed by atoms with Crippen LogP contribution in [0.2, 0.25) is 0 Å². The highest BCUT2D eigenvalue weighted by molar-refractivity contribution is 5.99. The summed E-state index contributed by atoms with van der Waals surface area (Å²) in [6.45, 7) is 0. The van der Waals surface area contributed by atoms with Crippen molar-refractivity contribution in [3.05, 3.63) is 35.5 Å². The lowest BCUT2D eigenvalue weighted by atomic mass is 9.89. The van der Waals surface area contributed by atoms with Gasteiger partial charge in [-0.15, -0.1) is 0 Å². The van der Waals surface area contributed by atoms with Crippen LogP contribution in [0, 0.1) is 0 Å². The molecular weight excluding hydrogens is 297 g/mol. The molecule has 0 saturated heterocycles. The summed E-state index contributed by atoms with van der Waals surface area (Å²) in [6.07, 6.45) is -3.77. The van der Waals surface area contributed by atoms with Crippen molar-refractivity contribution in [2.45, 2.75) is 31.2 Å². The maximum atomic E-state index is 12.7. The van der Waals surface area contributed by atoms with Crippen LogP contribution in [0.1, 0.15) is 28.9 Å². The number of fused-ring (bicyclic) bond motifs is 1.